The van der Waals surface area contributed by atoms with Gasteiger partial charge in [-0.2, -0.15) is 13.2 Å². The van der Waals surface area contributed by atoms with Gasteiger partial charge in [-0.3, -0.25) is 0 Å². The maximum atomic E-state index is 11.7. The molecule has 2 aliphatic rings. The highest BCUT2D eigenvalue weighted by atomic mass is 19.4. The Morgan fingerprint density at radius 2 is 2.08 bits per heavy atom. The summed E-state index contributed by atoms with van der Waals surface area (Å²) in [7, 11) is 0. The van der Waals surface area contributed by atoms with Crippen LogP contribution < -0.4 is 0 Å². The Balaban J connectivity index is 1.77. The number of hydrogen-bond donors (Lipinski definition) is 0. The molecule has 2 rings (SSSR count). The van der Waals surface area contributed by atoms with E-state index in [9.17, 15) is 13.2 Å². The van der Waals surface area contributed by atoms with Crippen LogP contribution in [0, 0.1) is 11.8 Å². The van der Waals surface area contributed by atoms with Crippen LogP contribution in [0.1, 0.15) is 6.42 Å². The van der Waals surface area contributed by atoms with Gasteiger partial charge in [-0.15, -0.1) is 0 Å². The van der Waals surface area contributed by atoms with Gasteiger partial charge in [-0.1, -0.05) is 12.2 Å². The van der Waals surface area contributed by atoms with E-state index in [1.807, 2.05) is 6.08 Å². The van der Waals surface area contributed by atoms with Gasteiger partial charge in [0.25, 0.3) is 0 Å². The molecule has 0 aliphatic heterocycles. The predicted octanol–water partition coefficient (Wildman–Crippen LogP) is 2.14. The van der Waals surface area contributed by atoms with Gasteiger partial charge in [0.2, 0.25) is 0 Å². The minimum absolute atomic E-state index is 0.281. The fourth-order valence-corrected chi connectivity index (χ4v) is 1.60. The average molecular weight is 178 g/mol. The number of hydrogen-bond acceptors (Lipinski definition) is 1. The number of alkyl halides is 3. The molecular formula is C8H9F3O. The van der Waals surface area contributed by atoms with E-state index in [2.05, 4.69) is 0 Å². The Hall–Kier alpha value is -0.510. The molecule has 3 atom stereocenters. The molecule has 68 valence electrons. The smallest absolute Gasteiger partial charge is 0.364 e. The van der Waals surface area contributed by atoms with E-state index in [1.54, 1.807) is 6.08 Å². The Morgan fingerprint density at radius 3 is 2.50 bits per heavy atom. The predicted molar refractivity (Wildman–Crippen MR) is 36.5 cm³/mol. The standard InChI is InChI=1S/C8H9F3O/c9-8(10,11)4-12-7-2-1-5-3-6(5)7/h1-2,5-7H,3-4H2. The molecule has 0 aromatic carbocycles. The molecule has 1 saturated carbocycles. The molecule has 0 spiro atoms. The van der Waals surface area contributed by atoms with Gasteiger partial charge in [0.05, 0.1) is 6.10 Å². The van der Waals surface area contributed by atoms with Gasteiger partial charge in [0, 0.05) is 0 Å². The summed E-state index contributed by atoms with van der Waals surface area (Å²) >= 11 is 0. The van der Waals surface area contributed by atoms with E-state index >= 15 is 0 Å². The first-order valence-electron chi connectivity index (χ1n) is 3.93. The molecule has 0 aromatic rings. The summed E-state index contributed by atoms with van der Waals surface area (Å²) in [6.45, 7) is -1.12. The second-order valence-electron chi connectivity index (χ2n) is 3.34. The van der Waals surface area contributed by atoms with Crippen molar-refractivity contribution in [3.8, 4) is 0 Å². The number of ether oxygens (including phenoxy) is 1. The first-order valence-corrected chi connectivity index (χ1v) is 3.93. The van der Waals surface area contributed by atoms with Gasteiger partial charge in [-0.05, 0) is 18.3 Å². The van der Waals surface area contributed by atoms with Crippen molar-refractivity contribution >= 4 is 0 Å². The zero-order chi connectivity index (χ0) is 8.77. The van der Waals surface area contributed by atoms with Crippen LogP contribution in [0.5, 0.6) is 0 Å². The van der Waals surface area contributed by atoms with E-state index in [1.165, 1.54) is 0 Å². The summed E-state index contributed by atoms with van der Waals surface area (Å²) in [5.41, 5.74) is 0. The van der Waals surface area contributed by atoms with E-state index < -0.39 is 12.8 Å². The molecule has 0 saturated heterocycles. The molecule has 1 fully saturated rings. The zero-order valence-corrected chi connectivity index (χ0v) is 6.34. The third-order valence-electron chi connectivity index (χ3n) is 2.30. The van der Waals surface area contributed by atoms with Crippen LogP contribution in [0.15, 0.2) is 12.2 Å². The summed E-state index contributed by atoms with van der Waals surface area (Å²) in [4.78, 5) is 0. The van der Waals surface area contributed by atoms with Crippen molar-refractivity contribution in [3.05, 3.63) is 12.2 Å². The summed E-state index contributed by atoms with van der Waals surface area (Å²) in [6, 6.07) is 0. The highest BCUT2D eigenvalue weighted by Crippen LogP contribution is 2.48. The number of rotatable bonds is 2. The number of allylic oxidation sites excluding steroid dienone is 1. The Morgan fingerprint density at radius 1 is 1.33 bits per heavy atom. The van der Waals surface area contributed by atoms with Crippen molar-refractivity contribution in [3.63, 3.8) is 0 Å². The lowest BCUT2D eigenvalue weighted by molar-refractivity contribution is -0.182. The lowest BCUT2D eigenvalue weighted by Gasteiger charge is -2.12. The molecule has 3 unspecified atom stereocenters. The molecule has 0 radical (unpaired) electrons. The fraction of sp³-hybridized carbons (Fsp3) is 0.750. The fourth-order valence-electron chi connectivity index (χ4n) is 1.60. The normalized spacial score (nSPS) is 38.4. The van der Waals surface area contributed by atoms with Crippen molar-refractivity contribution < 1.29 is 17.9 Å². The van der Waals surface area contributed by atoms with Gasteiger partial charge < -0.3 is 4.74 Å². The second kappa shape index (κ2) is 2.49. The molecule has 0 bridgehead atoms. The Labute approximate surface area is 68.2 Å². The van der Waals surface area contributed by atoms with Gasteiger partial charge >= 0.3 is 6.18 Å². The molecule has 0 amide bonds. The zero-order valence-electron chi connectivity index (χ0n) is 6.34. The first kappa shape index (κ1) is 8.10. The van der Waals surface area contributed by atoms with E-state index in [-0.39, 0.29) is 6.10 Å². The van der Waals surface area contributed by atoms with E-state index in [0.29, 0.717) is 11.8 Å². The number of halogens is 3. The first-order chi connectivity index (χ1) is 5.56. The van der Waals surface area contributed by atoms with Gasteiger partial charge in [0.1, 0.15) is 6.61 Å². The highest BCUT2D eigenvalue weighted by molar-refractivity contribution is 5.17. The quantitative estimate of drug-likeness (QED) is 0.588. The van der Waals surface area contributed by atoms with Gasteiger partial charge in [0.15, 0.2) is 0 Å². The van der Waals surface area contributed by atoms with Crippen molar-refractivity contribution in [2.24, 2.45) is 11.8 Å². The molecule has 12 heavy (non-hydrogen) atoms. The van der Waals surface area contributed by atoms with Crippen molar-refractivity contribution in [1.82, 2.24) is 0 Å². The van der Waals surface area contributed by atoms with E-state index in [0.717, 1.165) is 6.42 Å². The molecular weight excluding hydrogens is 169 g/mol. The minimum atomic E-state index is -4.19. The summed E-state index contributed by atoms with van der Waals surface area (Å²) < 4.78 is 39.8. The molecule has 2 aliphatic carbocycles. The van der Waals surface area contributed by atoms with Crippen LogP contribution in [0.2, 0.25) is 0 Å². The second-order valence-corrected chi connectivity index (χ2v) is 3.34. The molecule has 1 nitrogen and oxygen atoms in total. The summed E-state index contributed by atoms with van der Waals surface area (Å²) in [6.07, 6.45) is 0.215. The van der Waals surface area contributed by atoms with Crippen LogP contribution in [0.3, 0.4) is 0 Å². The van der Waals surface area contributed by atoms with Crippen LogP contribution in [-0.2, 0) is 4.74 Å². The molecule has 0 heterocycles. The molecule has 0 N–H and O–H groups in total. The molecule has 0 aromatic heterocycles. The van der Waals surface area contributed by atoms with Crippen molar-refractivity contribution in [2.75, 3.05) is 6.61 Å². The maximum Gasteiger partial charge on any atom is 0.411 e. The molecule has 4 heteroatoms. The lowest BCUT2D eigenvalue weighted by Crippen LogP contribution is -2.22. The average Bonchev–Trinajstić information content (AvgIpc) is 2.60. The van der Waals surface area contributed by atoms with Crippen LogP contribution in [0.4, 0.5) is 13.2 Å². The van der Waals surface area contributed by atoms with E-state index in [4.69, 9.17) is 4.74 Å². The van der Waals surface area contributed by atoms with Crippen LogP contribution in [0.25, 0.3) is 0 Å². The third kappa shape index (κ3) is 1.63. The topological polar surface area (TPSA) is 9.23 Å². The Kier molecular flexibility index (Phi) is 1.68. The highest BCUT2D eigenvalue weighted by Gasteiger charge is 2.46. The monoisotopic (exact) mass is 178 g/mol. The van der Waals surface area contributed by atoms with Gasteiger partial charge in [-0.25, -0.2) is 0 Å². The summed E-state index contributed by atoms with van der Waals surface area (Å²) in [5, 5.41) is 0. The number of fused-ring (bicyclic) bond motifs is 1. The van der Waals surface area contributed by atoms with Crippen molar-refractivity contribution in [1.29, 1.82) is 0 Å². The minimum Gasteiger partial charge on any atom is -0.364 e. The third-order valence-corrected chi connectivity index (χ3v) is 2.30. The lowest BCUT2D eigenvalue weighted by atomic mass is 10.3. The van der Waals surface area contributed by atoms with Crippen molar-refractivity contribution in [2.45, 2.75) is 18.7 Å². The maximum absolute atomic E-state index is 11.7. The van der Waals surface area contributed by atoms with Crippen LogP contribution in [-0.4, -0.2) is 18.9 Å². The Bertz CT molecular complexity index is 209. The van der Waals surface area contributed by atoms with Crippen LogP contribution >= 0.6 is 0 Å². The summed E-state index contributed by atoms with van der Waals surface area (Å²) in [5.74, 6) is 0.843. The largest absolute Gasteiger partial charge is 0.411 e. The SMILES string of the molecule is FC(F)(F)COC1C=CC2CC21.